The Bertz CT molecular complexity index is 493. The van der Waals surface area contributed by atoms with Gasteiger partial charge in [0.2, 0.25) is 0 Å². The topological polar surface area (TPSA) is 32.7 Å². The first-order valence-corrected chi connectivity index (χ1v) is 7.65. The third-order valence-electron chi connectivity index (χ3n) is 4.57. The zero-order valence-electron chi connectivity index (χ0n) is 11.4. The standard InChI is InChI=1S/C15H20BrNO2/c1-10-8-15(5-6-17(10)2)9-13(18)12-4-3-11(16)7-14(12)19-15/h3-4,7,10,13,18H,5-6,8-9H2,1-2H3/t10?,13-,15?/m1/s1. The van der Waals surface area contributed by atoms with Crippen molar-refractivity contribution in [1.29, 1.82) is 0 Å². The summed E-state index contributed by atoms with van der Waals surface area (Å²) in [6, 6.07) is 6.38. The molecular weight excluding hydrogens is 306 g/mol. The van der Waals surface area contributed by atoms with Crippen LogP contribution in [0.5, 0.6) is 5.75 Å². The first-order valence-electron chi connectivity index (χ1n) is 6.86. The van der Waals surface area contributed by atoms with Gasteiger partial charge in [-0.25, -0.2) is 0 Å². The number of hydrogen-bond donors (Lipinski definition) is 1. The lowest BCUT2D eigenvalue weighted by Crippen LogP contribution is -2.52. The molecule has 3 atom stereocenters. The molecule has 4 heteroatoms. The molecule has 0 saturated carbocycles. The maximum absolute atomic E-state index is 10.4. The van der Waals surface area contributed by atoms with Gasteiger partial charge in [-0.1, -0.05) is 22.0 Å². The molecule has 1 spiro atoms. The molecule has 2 unspecified atom stereocenters. The summed E-state index contributed by atoms with van der Waals surface area (Å²) < 4.78 is 7.31. The van der Waals surface area contributed by atoms with Crippen molar-refractivity contribution in [3.05, 3.63) is 28.2 Å². The third kappa shape index (κ3) is 2.41. The molecule has 0 aromatic heterocycles. The highest BCUT2D eigenvalue weighted by Crippen LogP contribution is 2.45. The molecule has 2 aliphatic rings. The number of nitrogens with zero attached hydrogens (tertiary/aromatic N) is 1. The molecule has 1 fully saturated rings. The third-order valence-corrected chi connectivity index (χ3v) is 5.06. The fourth-order valence-electron chi connectivity index (χ4n) is 3.28. The maximum Gasteiger partial charge on any atom is 0.127 e. The van der Waals surface area contributed by atoms with Crippen LogP contribution in [0.4, 0.5) is 0 Å². The molecule has 3 rings (SSSR count). The molecule has 1 N–H and O–H groups in total. The van der Waals surface area contributed by atoms with Gasteiger partial charge in [-0.2, -0.15) is 0 Å². The Balaban J connectivity index is 1.91. The number of hydrogen-bond acceptors (Lipinski definition) is 3. The van der Waals surface area contributed by atoms with Crippen molar-refractivity contribution >= 4 is 15.9 Å². The second-order valence-corrected chi connectivity index (χ2v) is 6.89. The van der Waals surface area contributed by atoms with Crippen LogP contribution in [-0.4, -0.2) is 35.2 Å². The number of piperidine rings is 1. The Morgan fingerprint density at radius 3 is 2.95 bits per heavy atom. The summed E-state index contributed by atoms with van der Waals surface area (Å²) in [5.41, 5.74) is 0.722. The molecule has 1 saturated heterocycles. The van der Waals surface area contributed by atoms with Gasteiger partial charge >= 0.3 is 0 Å². The fraction of sp³-hybridized carbons (Fsp3) is 0.600. The Kier molecular flexibility index (Phi) is 3.36. The maximum atomic E-state index is 10.4. The molecule has 3 nitrogen and oxygen atoms in total. The number of rotatable bonds is 0. The van der Waals surface area contributed by atoms with E-state index in [0.29, 0.717) is 12.5 Å². The normalized spacial score (nSPS) is 34.9. The minimum Gasteiger partial charge on any atom is -0.487 e. The molecule has 2 aliphatic heterocycles. The molecule has 1 aromatic rings. The number of likely N-dealkylation sites (tertiary alicyclic amines) is 1. The van der Waals surface area contributed by atoms with Crippen LogP contribution in [0.15, 0.2) is 22.7 Å². The highest BCUT2D eigenvalue weighted by Gasteiger charge is 2.44. The number of ether oxygens (including phenoxy) is 1. The van der Waals surface area contributed by atoms with Crippen molar-refractivity contribution in [2.75, 3.05) is 13.6 Å². The van der Waals surface area contributed by atoms with Crippen molar-refractivity contribution in [1.82, 2.24) is 4.90 Å². The van der Waals surface area contributed by atoms with E-state index in [0.717, 1.165) is 35.2 Å². The van der Waals surface area contributed by atoms with Crippen LogP contribution in [-0.2, 0) is 0 Å². The average molecular weight is 326 g/mol. The van der Waals surface area contributed by atoms with Crippen LogP contribution >= 0.6 is 15.9 Å². The zero-order valence-corrected chi connectivity index (χ0v) is 13.0. The fourth-order valence-corrected chi connectivity index (χ4v) is 3.62. The predicted molar refractivity (Wildman–Crippen MR) is 78.4 cm³/mol. The Labute approximate surface area is 122 Å². The molecule has 0 aliphatic carbocycles. The Morgan fingerprint density at radius 2 is 2.21 bits per heavy atom. The number of fused-ring (bicyclic) bond motifs is 1. The number of aliphatic hydroxyl groups is 1. The van der Waals surface area contributed by atoms with Crippen molar-refractivity contribution < 1.29 is 9.84 Å². The van der Waals surface area contributed by atoms with E-state index in [1.54, 1.807) is 0 Å². The summed E-state index contributed by atoms with van der Waals surface area (Å²) in [5.74, 6) is 0.838. The van der Waals surface area contributed by atoms with E-state index in [4.69, 9.17) is 4.74 Å². The summed E-state index contributed by atoms with van der Waals surface area (Å²) in [5, 5.41) is 10.4. The Morgan fingerprint density at radius 1 is 1.42 bits per heavy atom. The molecule has 0 radical (unpaired) electrons. The van der Waals surface area contributed by atoms with E-state index in [9.17, 15) is 5.11 Å². The molecule has 1 aromatic carbocycles. The summed E-state index contributed by atoms with van der Waals surface area (Å²) >= 11 is 3.47. The second-order valence-electron chi connectivity index (χ2n) is 5.97. The van der Waals surface area contributed by atoms with Crippen molar-refractivity contribution in [3.63, 3.8) is 0 Å². The van der Waals surface area contributed by atoms with Gasteiger partial charge in [0.1, 0.15) is 11.4 Å². The van der Waals surface area contributed by atoms with Gasteiger partial charge in [-0.15, -0.1) is 0 Å². The lowest BCUT2D eigenvalue weighted by molar-refractivity contribution is -0.0646. The van der Waals surface area contributed by atoms with E-state index >= 15 is 0 Å². The van der Waals surface area contributed by atoms with Gasteiger partial charge in [0.25, 0.3) is 0 Å². The van der Waals surface area contributed by atoms with E-state index in [2.05, 4.69) is 34.8 Å². The largest absolute Gasteiger partial charge is 0.487 e. The van der Waals surface area contributed by atoms with Crippen LogP contribution in [0.3, 0.4) is 0 Å². The minimum absolute atomic E-state index is 0.195. The molecule has 0 bridgehead atoms. The van der Waals surface area contributed by atoms with Crippen molar-refractivity contribution in [2.45, 2.75) is 43.9 Å². The first-order chi connectivity index (χ1) is 8.99. The van der Waals surface area contributed by atoms with Crippen LogP contribution in [0, 0.1) is 0 Å². The second kappa shape index (κ2) is 4.76. The van der Waals surface area contributed by atoms with Gasteiger partial charge in [0, 0.05) is 35.5 Å². The quantitative estimate of drug-likeness (QED) is 0.795. The lowest BCUT2D eigenvalue weighted by atomic mass is 9.79. The van der Waals surface area contributed by atoms with E-state index < -0.39 is 6.10 Å². The number of aliphatic hydroxyl groups excluding tert-OH is 1. The van der Waals surface area contributed by atoms with E-state index in [1.165, 1.54) is 0 Å². The zero-order chi connectivity index (χ0) is 13.6. The lowest BCUT2D eigenvalue weighted by Gasteiger charge is -2.47. The van der Waals surface area contributed by atoms with Gasteiger partial charge in [-0.3, -0.25) is 0 Å². The highest BCUT2D eigenvalue weighted by atomic mass is 79.9. The predicted octanol–water partition coefficient (Wildman–Crippen LogP) is 3.12. The van der Waals surface area contributed by atoms with Crippen LogP contribution in [0.1, 0.15) is 37.9 Å². The van der Waals surface area contributed by atoms with Crippen molar-refractivity contribution in [3.8, 4) is 5.75 Å². The minimum atomic E-state index is -0.410. The van der Waals surface area contributed by atoms with Gasteiger partial charge < -0.3 is 14.7 Å². The molecule has 104 valence electrons. The molecule has 19 heavy (non-hydrogen) atoms. The van der Waals surface area contributed by atoms with Crippen LogP contribution in [0.25, 0.3) is 0 Å². The average Bonchev–Trinajstić information content (AvgIpc) is 2.34. The first kappa shape index (κ1) is 13.4. The highest BCUT2D eigenvalue weighted by molar-refractivity contribution is 9.10. The van der Waals surface area contributed by atoms with Crippen LogP contribution < -0.4 is 4.74 Å². The number of halogens is 1. The summed E-state index contributed by atoms with van der Waals surface area (Å²) in [7, 11) is 2.15. The monoisotopic (exact) mass is 325 g/mol. The van der Waals surface area contributed by atoms with Gasteiger partial charge in [0.05, 0.1) is 6.10 Å². The number of benzene rings is 1. The van der Waals surface area contributed by atoms with Crippen molar-refractivity contribution in [2.24, 2.45) is 0 Å². The molecular formula is C15H20BrNO2. The summed E-state index contributed by atoms with van der Waals surface area (Å²) in [4.78, 5) is 2.36. The van der Waals surface area contributed by atoms with Gasteiger partial charge in [-0.05, 0) is 32.5 Å². The molecule has 2 heterocycles. The van der Waals surface area contributed by atoms with Gasteiger partial charge in [0.15, 0.2) is 0 Å². The molecule has 0 amide bonds. The smallest absolute Gasteiger partial charge is 0.127 e. The Hall–Kier alpha value is -0.580. The SMILES string of the molecule is CC1CC2(CCN1C)C[C@@H](O)c1ccc(Br)cc1O2. The summed E-state index contributed by atoms with van der Waals surface area (Å²) in [6.45, 7) is 3.25. The van der Waals surface area contributed by atoms with E-state index in [1.807, 2.05) is 18.2 Å². The summed E-state index contributed by atoms with van der Waals surface area (Å²) in [6.07, 6.45) is 2.26. The van der Waals surface area contributed by atoms with E-state index in [-0.39, 0.29) is 5.60 Å². The van der Waals surface area contributed by atoms with Crippen LogP contribution in [0.2, 0.25) is 0 Å².